The number of hydrogen-bond donors (Lipinski definition) is 1. The van der Waals surface area contributed by atoms with Crippen LogP contribution < -0.4 is 5.32 Å². The summed E-state index contributed by atoms with van der Waals surface area (Å²) in [5.74, 6) is 1.51. The van der Waals surface area contributed by atoms with Crippen molar-refractivity contribution in [1.82, 2.24) is 20.4 Å². The van der Waals surface area contributed by atoms with Gasteiger partial charge in [0.15, 0.2) is 5.82 Å². The largest absolute Gasteiger partial charge is 0.338 e. The standard InChI is InChI=1S/C10H18N4O/c1-11-7-9-12-10(13-15-9)8-5-3-4-6-14(8)2/h8,11H,3-7H2,1-2H3. The smallest absolute Gasteiger partial charge is 0.240 e. The molecule has 0 aliphatic carbocycles. The second-order valence-corrected chi connectivity index (χ2v) is 4.07. The summed E-state index contributed by atoms with van der Waals surface area (Å²) >= 11 is 0. The third-order valence-corrected chi connectivity index (χ3v) is 2.88. The van der Waals surface area contributed by atoms with Gasteiger partial charge in [0.2, 0.25) is 5.89 Å². The lowest BCUT2D eigenvalue weighted by Crippen LogP contribution is -2.30. The summed E-state index contributed by atoms with van der Waals surface area (Å²) in [6.45, 7) is 1.77. The molecule has 1 N–H and O–H groups in total. The maximum Gasteiger partial charge on any atom is 0.240 e. The van der Waals surface area contributed by atoms with Gasteiger partial charge in [-0.15, -0.1) is 0 Å². The third-order valence-electron chi connectivity index (χ3n) is 2.88. The number of nitrogens with zero attached hydrogens (tertiary/aromatic N) is 3. The number of likely N-dealkylation sites (tertiary alicyclic amines) is 1. The Morgan fingerprint density at radius 3 is 3.13 bits per heavy atom. The van der Waals surface area contributed by atoms with Gasteiger partial charge in [-0.05, 0) is 33.5 Å². The van der Waals surface area contributed by atoms with Crippen LogP contribution in [0, 0.1) is 0 Å². The van der Waals surface area contributed by atoms with Gasteiger partial charge in [-0.1, -0.05) is 11.6 Å². The number of hydrogen-bond acceptors (Lipinski definition) is 5. The van der Waals surface area contributed by atoms with Crippen LogP contribution in [0.1, 0.15) is 37.0 Å². The first kappa shape index (κ1) is 10.6. The van der Waals surface area contributed by atoms with Gasteiger partial charge in [0.25, 0.3) is 0 Å². The van der Waals surface area contributed by atoms with E-state index < -0.39 is 0 Å². The maximum absolute atomic E-state index is 5.16. The summed E-state index contributed by atoms with van der Waals surface area (Å²) < 4.78 is 5.16. The lowest BCUT2D eigenvalue weighted by Gasteiger charge is -2.29. The zero-order valence-corrected chi connectivity index (χ0v) is 9.36. The second kappa shape index (κ2) is 4.72. The first-order chi connectivity index (χ1) is 7.31. The molecule has 1 aromatic heterocycles. The maximum atomic E-state index is 5.16. The molecule has 1 aromatic rings. The van der Waals surface area contributed by atoms with Crippen LogP contribution in [0.25, 0.3) is 0 Å². The fraction of sp³-hybridized carbons (Fsp3) is 0.800. The fourth-order valence-electron chi connectivity index (χ4n) is 2.03. The van der Waals surface area contributed by atoms with Crippen molar-refractivity contribution in [3.63, 3.8) is 0 Å². The van der Waals surface area contributed by atoms with Gasteiger partial charge in [-0.3, -0.25) is 4.90 Å². The van der Waals surface area contributed by atoms with E-state index in [-0.39, 0.29) is 0 Å². The summed E-state index contributed by atoms with van der Waals surface area (Å²) in [6.07, 6.45) is 3.66. The fourth-order valence-corrected chi connectivity index (χ4v) is 2.03. The van der Waals surface area contributed by atoms with E-state index >= 15 is 0 Å². The van der Waals surface area contributed by atoms with Crippen LogP contribution in [0.4, 0.5) is 0 Å². The van der Waals surface area contributed by atoms with Gasteiger partial charge in [-0.25, -0.2) is 0 Å². The first-order valence-electron chi connectivity index (χ1n) is 5.48. The molecule has 2 heterocycles. The minimum atomic E-state index is 0.341. The topological polar surface area (TPSA) is 54.2 Å². The minimum Gasteiger partial charge on any atom is -0.338 e. The molecule has 5 nitrogen and oxygen atoms in total. The van der Waals surface area contributed by atoms with E-state index in [0.29, 0.717) is 18.5 Å². The molecule has 0 saturated carbocycles. The van der Waals surface area contributed by atoms with Gasteiger partial charge < -0.3 is 9.84 Å². The highest BCUT2D eigenvalue weighted by Gasteiger charge is 2.24. The first-order valence-corrected chi connectivity index (χ1v) is 5.48. The number of aromatic nitrogens is 2. The molecule has 0 radical (unpaired) electrons. The molecule has 15 heavy (non-hydrogen) atoms. The van der Waals surface area contributed by atoms with Crippen molar-refractivity contribution in [1.29, 1.82) is 0 Å². The second-order valence-electron chi connectivity index (χ2n) is 4.07. The average Bonchev–Trinajstić information content (AvgIpc) is 2.68. The molecule has 0 aromatic carbocycles. The van der Waals surface area contributed by atoms with Gasteiger partial charge in [0.05, 0.1) is 12.6 Å². The predicted molar refractivity (Wildman–Crippen MR) is 56.3 cm³/mol. The molecule has 1 atom stereocenters. The van der Waals surface area contributed by atoms with Crippen LogP contribution >= 0.6 is 0 Å². The van der Waals surface area contributed by atoms with Crippen molar-refractivity contribution in [2.45, 2.75) is 31.8 Å². The Morgan fingerprint density at radius 2 is 2.40 bits per heavy atom. The predicted octanol–water partition coefficient (Wildman–Crippen LogP) is 0.946. The van der Waals surface area contributed by atoms with Gasteiger partial charge in [0, 0.05) is 0 Å². The lowest BCUT2D eigenvalue weighted by molar-refractivity contribution is 0.176. The zero-order chi connectivity index (χ0) is 10.7. The summed E-state index contributed by atoms with van der Waals surface area (Å²) in [5.41, 5.74) is 0. The van der Waals surface area contributed by atoms with E-state index in [1.54, 1.807) is 0 Å². The van der Waals surface area contributed by atoms with E-state index in [4.69, 9.17) is 4.52 Å². The lowest BCUT2D eigenvalue weighted by atomic mass is 10.0. The Hall–Kier alpha value is -0.940. The van der Waals surface area contributed by atoms with Crippen LogP contribution in [-0.4, -0.2) is 35.7 Å². The Kier molecular flexibility index (Phi) is 3.33. The Morgan fingerprint density at radius 1 is 1.53 bits per heavy atom. The molecule has 0 spiro atoms. The molecule has 0 amide bonds. The van der Waals surface area contributed by atoms with E-state index in [1.165, 1.54) is 12.8 Å². The monoisotopic (exact) mass is 210 g/mol. The molecule has 1 fully saturated rings. The van der Waals surface area contributed by atoms with Gasteiger partial charge in [0.1, 0.15) is 0 Å². The summed E-state index contributed by atoms with van der Waals surface area (Å²) in [6, 6.07) is 0.341. The van der Waals surface area contributed by atoms with Crippen molar-refractivity contribution < 1.29 is 4.52 Å². The van der Waals surface area contributed by atoms with Gasteiger partial charge >= 0.3 is 0 Å². The summed E-state index contributed by atoms with van der Waals surface area (Å²) in [4.78, 5) is 6.70. The van der Waals surface area contributed by atoms with Crippen LogP contribution in [-0.2, 0) is 6.54 Å². The molecule has 0 bridgehead atoms. The van der Waals surface area contributed by atoms with Crippen LogP contribution in [0.15, 0.2) is 4.52 Å². The zero-order valence-electron chi connectivity index (χ0n) is 9.36. The quantitative estimate of drug-likeness (QED) is 0.805. The van der Waals surface area contributed by atoms with Crippen molar-refractivity contribution >= 4 is 0 Å². The molecular formula is C10H18N4O. The molecular weight excluding hydrogens is 192 g/mol. The molecule has 1 unspecified atom stereocenters. The highest BCUT2D eigenvalue weighted by molar-refractivity contribution is 4.96. The van der Waals surface area contributed by atoms with Crippen LogP contribution in [0.5, 0.6) is 0 Å². The van der Waals surface area contributed by atoms with Gasteiger partial charge in [-0.2, -0.15) is 4.98 Å². The van der Waals surface area contributed by atoms with E-state index in [0.717, 1.165) is 18.8 Å². The van der Waals surface area contributed by atoms with E-state index in [9.17, 15) is 0 Å². The van der Waals surface area contributed by atoms with Crippen molar-refractivity contribution in [2.24, 2.45) is 0 Å². The van der Waals surface area contributed by atoms with Crippen LogP contribution in [0.3, 0.4) is 0 Å². The van der Waals surface area contributed by atoms with Crippen LogP contribution in [0.2, 0.25) is 0 Å². The molecule has 2 rings (SSSR count). The Balaban J connectivity index is 2.06. The third kappa shape index (κ3) is 2.35. The van der Waals surface area contributed by atoms with E-state index in [2.05, 4.69) is 27.4 Å². The molecule has 1 saturated heterocycles. The highest BCUT2D eigenvalue weighted by Crippen LogP contribution is 2.27. The Labute approximate surface area is 89.8 Å². The van der Waals surface area contributed by atoms with E-state index in [1.807, 2.05) is 7.05 Å². The summed E-state index contributed by atoms with van der Waals surface area (Å²) in [5, 5.41) is 7.04. The number of piperidine rings is 1. The number of rotatable bonds is 3. The SMILES string of the molecule is CNCc1nc(C2CCCCN2C)no1. The molecule has 5 heteroatoms. The number of nitrogens with one attached hydrogen (secondary N) is 1. The van der Waals surface area contributed by atoms with Crippen molar-refractivity contribution in [2.75, 3.05) is 20.6 Å². The normalized spacial score (nSPS) is 23.2. The summed E-state index contributed by atoms with van der Waals surface area (Å²) in [7, 11) is 3.99. The Bertz CT molecular complexity index is 312. The molecule has 1 aliphatic rings. The average molecular weight is 210 g/mol. The molecule has 1 aliphatic heterocycles. The van der Waals surface area contributed by atoms with Crippen molar-refractivity contribution in [3.05, 3.63) is 11.7 Å². The minimum absolute atomic E-state index is 0.341. The van der Waals surface area contributed by atoms with Crippen molar-refractivity contribution in [3.8, 4) is 0 Å². The highest BCUT2D eigenvalue weighted by atomic mass is 16.5. The molecule has 84 valence electrons.